The summed E-state index contributed by atoms with van der Waals surface area (Å²) in [5.74, 6) is 2.97. The topological polar surface area (TPSA) is 32.3 Å². The molecule has 2 N–H and O–H groups in total. The summed E-state index contributed by atoms with van der Waals surface area (Å²) in [6.45, 7) is 5.97. The van der Waals surface area contributed by atoms with Gasteiger partial charge in [0.25, 0.3) is 0 Å². The van der Waals surface area contributed by atoms with Gasteiger partial charge < -0.3 is 5.11 Å². The van der Waals surface area contributed by atoms with Crippen molar-refractivity contribution in [3.63, 3.8) is 0 Å². The first kappa shape index (κ1) is 11.6. The van der Waals surface area contributed by atoms with Crippen LogP contribution in [0.3, 0.4) is 0 Å². The highest BCUT2D eigenvalue weighted by Gasteiger charge is 2.17. The Morgan fingerprint density at radius 2 is 1.87 bits per heavy atom. The maximum Gasteiger partial charge on any atom is 0.115 e. The molecule has 1 atom stereocenters. The first-order chi connectivity index (χ1) is 6.94. The maximum absolute atomic E-state index is 9.16. The minimum atomic E-state index is -0.322. The lowest BCUT2D eigenvalue weighted by molar-refractivity contribution is 0.430. The van der Waals surface area contributed by atoms with Gasteiger partial charge in [-0.3, -0.25) is 5.32 Å². The minimum Gasteiger partial charge on any atom is -0.508 e. The third-order valence-corrected chi connectivity index (χ3v) is 2.33. The lowest BCUT2D eigenvalue weighted by Gasteiger charge is -2.25. The lowest BCUT2D eigenvalue weighted by Crippen LogP contribution is -2.39. The number of nitrogens with one attached hydrogen (secondary N) is 1. The van der Waals surface area contributed by atoms with Gasteiger partial charge in [0.2, 0.25) is 0 Å². The molecule has 80 valence electrons. The third kappa shape index (κ3) is 3.30. The van der Waals surface area contributed by atoms with E-state index in [1.165, 1.54) is 0 Å². The zero-order valence-corrected chi connectivity index (χ0v) is 9.41. The largest absolute Gasteiger partial charge is 0.508 e. The Hall–Kier alpha value is -1.46. The number of hydrogen-bond donors (Lipinski definition) is 2. The van der Waals surface area contributed by atoms with Crippen molar-refractivity contribution in [1.82, 2.24) is 5.32 Å². The Bertz CT molecular complexity index is 359. The summed E-state index contributed by atoms with van der Waals surface area (Å²) < 4.78 is 0. The highest BCUT2D eigenvalue weighted by Crippen LogP contribution is 2.18. The van der Waals surface area contributed by atoms with E-state index in [2.05, 4.69) is 11.2 Å². The number of terminal acetylenes is 1. The van der Waals surface area contributed by atoms with Crippen LogP contribution in [0.5, 0.6) is 5.75 Å². The molecular weight excluding hydrogens is 186 g/mol. The second-order valence-corrected chi connectivity index (χ2v) is 4.23. The fraction of sp³-hybridized carbons (Fsp3) is 0.385. The van der Waals surface area contributed by atoms with Gasteiger partial charge in [-0.25, -0.2) is 0 Å². The van der Waals surface area contributed by atoms with Crippen LogP contribution in [0.15, 0.2) is 24.3 Å². The quantitative estimate of drug-likeness (QED) is 0.740. The molecule has 2 nitrogen and oxygen atoms in total. The summed E-state index contributed by atoms with van der Waals surface area (Å²) in [7, 11) is 0. The van der Waals surface area contributed by atoms with E-state index in [1.54, 1.807) is 12.1 Å². The van der Waals surface area contributed by atoms with Crippen LogP contribution in [0, 0.1) is 12.3 Å². The van der Waals surface area contributed by atoms with Crippen molar-refractivity contribution in [2.45, 2.75) is 32.4 Å². The van der Waals surface area contributed by atoms with E-state index in [-0.39, 0.29) is 17.3 Å². The predicted molar refractivity (Wildman–Crippen MR) is 62.6 cm³/mol. The molecule has 2 heteroatoms. The Morgan fingerprint density at radius 3 is 2.33 bits per heavy atom. The summed E-state index contributed by atoms with van der Waals surface area (Å²) in [4.78, 5) is 0. The van der Waals surface area contributed by atoms with Crippen molar-refractivity contribution in [2.24, 2.45) is 0 Å². The Labute approximate surface area is 91.3 Å². The van der Waals surface area contributed by atoms with E-state index >= 15 is 0 Å². The van der Waals surface area contributed by atoms with Crippen LogP contribution < -0.4 is 5.32 Å². The molecule has 0 saturated carbocycles. The fourth-order valence-electron chi connectivity index (χ4n) is 1.43. The molecule has 1 aromatic carbocycles. The zero-order chi connectivity index (χ0) is 11.5. The standard InChI is InChI=1S/C13H17NO/c1-5-13(3,4)14-10(2)11-6-8-12(15)9-7-11/h1,6-10,14-15H,2-4H3. The molecule has 0 fully saturated rings. The van der Waals surface area contributed by atoms with E-state index < -0.39 is 0 Å². The normalized spacial score (nSPS) is 13.2. The molecule has 1 aromatic rings. The van der Waals surface area contributed by atoms with Crippen molar-refractivity contribution in [1.29, 1.82) is 0 Å². The van der Waals surface area contributed by atoms with Gasteiger partial charge in [0.05, 0.1) is 5.54 Å². The average Bonchev–Trinajstić information content (AvgIpc) is 2.18. The minimum absolute atomic E-state index is 0.164. The van der Waals surface area contributed by atoms with Crippen LogP contribution in [-0.4, -0.2) is 10.6 Å². The highest BCUT2D eigenvalue weighted by molar-refractivity contribution is 5.28. The van der Waals surface area contributed by atoms with E-state index in [9.17, 15) is 0 Å². The molecule has 0 aliphatic rings. The summed E-state index contributed by atoms with van der Waals surface area (Å²) in [6.07, 6.45) is 5.40. The van der Waals surface area contributed by atoms with Crippen molar-refractivity contribution >= 4 is 0 Å². The average molecular weight is 203 g/mol. The number of hydrogen-bond acceptors (Lipinski definition) is 2. The van der Waals surface area contributed by atoms with Crippen LogP contribution in [0.25, 0.3) is 0 Å². The second kappa shape index (κ2) is 4.37. The summed E-state index contributed by atoms with van der Waals surface area (Å²) in [5.41, 5.74) is 0.785. The van der Waals surface area contributed by atoms with E-state index in [0.29, 0.717) is 0 Å². The van der Waals surface area contributed by atoms with Crippen LogP contribution in [0.2, 0.25) is 0 Å². The maximum atomic E-state index is 9.16. The molecule has 1 unspecified atom stereocenters. The van der Waals surface area contributed by atoms with Crippen LogP contribution in [0.4, 0.5) is 0 Å². The number of aromatic hydroxyl groups is 1. The van der Waals surface area contributed by atoms with E-state index in [1.807, 2.05) is 32.9 Å². The Balaban J connectivity index is 2.74. The van der Waals surface area contributed by atoms with E-state index in [0.717, 1.165) is 5.56 Å². The van der Waals surface area contributed by atoms with Gasteiger partial charge >= 0.3 is 0 Å². The lowest BCUT2D eigenvalue weighted by atomic mass is 10.0. The molecule has 0 aliphatic heterocycles. The van der Waals surface area contributed by atoms with Crippen LogP contribution >= 0.6 is 0 Å². The summed E-state index contributed by atoms with van der Waals surface area (Å²) >= 11 is 0. The van der Waals surface area contributed by atoms with Gasteiger partial charge in [0.15, 0.2) is 0 Å². The number of rotatable bonds is 3. The smallest absolute Gasteiger partial charge is 0.115 e. The number of phenolic OH excluding ortho intramolecular Hbond substituents is 1. The molecular formula is C13H17NO. The Kier molecular flexibility index (Phi) is 3.39. The van der Waals surface area contributed by atoms with Crippen LogP contribution in [-0.2, 0) is 0 Å². The molecule has 0 bridgehead atoms. The van der Waals surface area contributed by atoms with Gasteiger partial charge in [-0.05, 0) is 38.5 Å². The van der Waals surface area contributed by atoms with Gasteiger partial charge in [0, 0.05) is 6.04 Å². The monoisotopic (exact) mass is 203 g/mol. The summed E-state index contributed by atoms with van der Waals surface area (Å²) in [5, 5.41) is 12.5. The zero-order valence-electron chi connectivity index (χ0n) is 9.41. The first-order valence-corrected chi connectivity index (χ1v) is 4.99. The summed E-state index contributed by atoms with van der Waals surface area (Å²) in [6, 6.07) is 7.29. The van der Waals surface area contributed by atoms with Gasteiger partial charge in [-0.1, -0.05) is 18.1 Å². The second-order valence-electron chi connectivity index (χ2n) is 4.23. The fourth-order valence-corrected chi connectivity index (χ4v) is 1.43. The van der Waals surface area contributed by atoms with Gasteiger partial charge in [-0.2, -0.15) is 0 Å². The van der Waals surface area contributed by atoms with Crippen molar-refractivity contribution in [3.05, 3.63) is 29.8 Å². The number of benzene rings is 1. The molecule has 0 heterocycles. The molecule has 0 aromatic heterocycles. The van der Waals surface area contributed by atoms with E-state index in [4.69, 9.17) is 11.5 Å². The predicted octanol–water partition coefficient (Wildman–Crippen LogP) is 2.45. The Morgan fingerprint density at radius 1 is 1.33 bits per heavy atom. The third-order valence-electron chi connectivity index (χ3n) is 2.33. The molecule has 0 saturated heterocycles. The molecule has 0 spiro atoms. The van der Waals surface area contributed by atoms with Crippen molar-refractivity contribution in [2.75, 3.05) is 0 Å². The SMILES string of the molecule is C#CC(C)(C)NC(C)c1ccc(O)cc1. The van der Waals surface area contributed by atoms with Crippen LogP contribution in [0.1, 0.15) is 32.4 Å². The molecule has 0 amide bonds. The van der Waals surface area contributed by atoms with Crippen molar-refractivity contribution < 1.29 is 5.11 Å². The molecule has 0 radical (unpaired) electrons. The van der Waals surface area contributed by atoms with Gasteiger partial charge in [-0.15, -0.1) is 6.42 Å². The highest BCUT2D eigenvalue weighted by atomic mass is 16.3. The molecule has 1 rings (SSSR count). The molecule has 15 heavy (non-hydrogen) atoms. The first-order valence-electron chi connectivity index (χ1n) is 4.99. The number of phenols is 1. The van der Waals surface area contributed by atoms with Gasteiger partial charge in [0.1, 0.15) is 5.75 Å². The van der Waals surface area contributed by atoms with Crippen molar-refractivity contribution in [3.8, 4) is 18.1 Å². The molecule has 0 aliphatic carbocycles.